The van der Waals surface area contributed by atoms with Gasteiger partial charge in [-0.2, -0.15) is 0 Å². The predicted molar refractivity (Wildman–Crippen MR) is 61.5 cm³/mol. The smallest absolute Gasteiger partial charge is 0.404 e. The molecule has 0 aliphatic rings. The minimum atomic E-state index is -0.881. The normalized spacial score (nSPS) is 12.6. The Morgan fingerprint density at radius 1 is 1.31 bits per heavy atom. The molecule has 0 radical (unpaired) electrons. The first-order chi connectivity index (χ1) is 7.56. The van der Waals surface area contributed by atoms with Crippen molar-refractivity contribution in [3.63, 3.8) is 0 Å². The first-order valence-corrected chi connectivity index (χ1v) is 5.45. The van der Waals surface area contributed by atoms with E-state index in [9.17, 15) is 9.59 Å². The summed E-state index contributed by atoms with van der Waals surface area (Å²) in [5.41, 5.74) is 9.91. The van der Waals surface area contributed by atoms with Gasteiger partial charge < -0.3 is 16.2 Å². The van der Waals surface area contributed by atoms with Gasteiger partial charge in [0.25, 0.3) is 0 Å². The Kier molecular flexibility index (Phi) is 7.93. The second-order valence-electron chi connectivity index (χ2n) is 3.58. The number of rotatable bonds is 8. The van der Waals surface area contributed by atoms with Crippen molar-refractivity contribution in [3.05, 3.63) is 12.2 Å². The van der Waals surface area contributed by atoms with Crippen molar-refractivity contribution >= 4 is 12.0 Å². The van der Waals surface area contributed by atoms with E-state index >= 15 is 0 Å². The summed E-state index contributed by atoms with van der Waals surface area (Å²) < 4.78 is 4.75. The fourth-order valence-corrected chi connectivity index (χ4v) is 1.25. The van der Waals surface area contributed by atoms with E-state index in [1.807, 2.05) is 12.2 Å². The van der Waals surface area contributed by atoms with Gasteiger partial charge in [0, 0.05) is 6.42 Å². The third kappa shape index (κ3) is 9.05. The molecule has 0 saturated heterocycles. The SMILES string of the molecule is CCCC/C=C\CC(CC(N)=O)OC(N)=O. The van der Waals surface area contributed by atoms with Crippen molar-refractivity contribution in [2.24, 2.45) is 11.5 Å². The Labute approximate surface area is 95.8 Å². The number of amides is 2. The predicted octanol–water partition coefficient (Wildman–Crippen LogP) is 1.46. The molecule has 92 valence electrons. The molecule has 1 unspecified atom stereocenters. The lowest BCUT2D eigenvalue weighted by Gasteiger charge is -2.12. The molecule has 0 bridgehead atoms. The summed E-state index contributed by atoms with van der Waals surface area (Å²) in [4.78, 5) is 21.2. The summed E-state index contributed by atoms with van der Waals surface area (Å²) >= 11 is 0. The van der Waals surface area contributed by atoms with Crippen molar-refractivity contribution in [3.8, 4) is 0 Å². The zero-order valence-corrected chi connectivity index (χ0v) is 9.65. The van der Waals surface area contributed by atoms with Crippen LogP contribution in [0, 0.1) is 0 Å². The first-order valence-electron chi connectivity index (χ1n) is 5.45. The molecule has 2 amide bonds. The number of carbonyl (C=O) groups excluding carboxylic acids is 2. The van der Waals surface area contributed by atoms with Crippen LogP contribution in [0.1, 0.15) is 39.0 Å². The van der Waals surface area contributed by atoms with Crippen LogP contribution in [0.25, 0.3) is 0 Å². The molecule has 0 fully saturated rings. The van der Waals surface area contributed by atoms with Gasteiger partial charge in [-0.3, -0.25) is 4.79 Å². The average Bonchev–Trinajstić information content (AvgIpc) is 2.15. The van der Waals surface area contributed by atoms with Gasteiger partial charge in [0.15, 0.2) is 0 Å². The molecular formula is C11H20N2O3. The van der Waals surface area contributed by atoms with Gasteiger partial charge in [-0.1, -0.05) is 31.9 Å². The second kappa shape index (κ2) is 8.76. The monoisotopic (exact) mass is 228 g/mol. The van der Waals surface area contributed by atoms with E-state index in [0.29, 0.717) is 6.42 Å². The quantitative estimate of drug-likeness (QED) is 0.486. The summed E-state index contributed by atoms with van der Waals surface area (Å²) in [6, 6.07) is 0. The van der Waals surface area contributed by atoms with Crippen molar-refractivity contribution in [2.45, 2.75) is 45.1 Å². The molecule has 0 aromatic heterocycles. The van der Waals surface area contributed by atoms with Crippen LogP contribution in [-0.2, 0) is 9.53 Å². The van der Waals surface area contributed by atoms with E-state index in [0.717, 1.165) is 19.3 Å². The maximum absolute atomic E-state index is 10.7. The van der Waals surface area contributed by atoms with E-state index in [1.165, 1.54) is 0 Å². The Bertz CT molecular complexity index is 236. The topological polar surface area (TPSA) is 95.4 Å². The van der Waals surface area contributed by atoms with Crippen molar-refractivity contribution in [1.82, 2.24) is 0 Å². The Morgan fingerprint density at radius 3 is 2.50 bits per heavy atom. The summed E-state index contributed by atoms with van der Waals surface area (Å²) in [6.45, 7) is 2.11. The van der Waals surface area contributed by atoms with Crippen LogP contribution < -0.4 is 11.5 Å². The van der Waals surface area contributed by atoms with Crippen LogP contribution in [0.2, 0.25) is 0 Å². The molecule has 0 spiro atoms. The molecule has 5 nitrogen and oxygen atoms in total. The molecule has 1 atom stereocenters. The van der Waals surface area contributed by atoms with Gasteiger partial charge in [0.2, 0.25) is 5.91 Å². The van der Waals surface area contributed by atoms with Gasteiger partial charge in [0.1, 0.15) is 6.10 Å². The highest BCUT2D eigenvalue weighted by atomic mass is 16.6. The first kappa shape index (κ1) is 14.5. The van der Waals surface area contributed by atoms with E-state index in [4.69, 9.17) is 16.2 Å². The highest BCUT2D eigenvalue weighted by Gasteiger charge is 2.13. The molecule has 16 heavy (non-hydrogen) atoms. The van der Waals surface area contributed by atoms with Gasteiger partial charge >= 0.3 is 6.09 Å². The van der Waals surface area contributed by atoms with Crippen LogP contribution in [-0.4, -0.2) is 18.1 Å². The molecule has 0 heterocycles. The molecule has 0 rings (SSSR count). The molecular weight excluding hydrogens is 208 g/mol. The van der Waals surface area contributed by atoms with Gasteiger partial charge in [-0.15, -0.1) is 0 Å². The highest BCUT2D eigenvalue weighted by Crippen LogP contribution is 2.06. The van der Waals surface area contributed by atoms with Crippen molar-refractivity contribution in [2.75, 3.05) is 0 Å². The molecule has 0 aromatic carbocycles. The Morgan fingerprint density at radius 2 is 2.00 bits per heavy atom. The minimum absolute atomic E-state index is 0.00105. The lowest BCUT2D eigenvalue weighted by atomic mass is 10.1. The van der Waals surface area contributed by atoms with Gasteiger partial charge in [0.05, 0.1) is 6.42 Å². The second-order valence-corrected chi connectivity index (χ2v) is 3.58. The number of hydrogen-bond donors (Lipinski definition) is 2. The van der Waals surface area contributed by atoms with Crippen LogP contribution in [0.3, 0.4) is 0 Å². The fraction of sp³-hybridized carbons (Fsp3) is 0.636. The molecule has 5 heteroatoms. The number of unbranched alkanes of at least 4 members (excludes halogenated alkanes) is 2. The fourth-order valence-electron chi connectivity index (χ4n) is 1.25. The lowest BCUT2D eigenvalue weighted by Crippen LogP contribution is -2.27. The van der Waals surface area contributed by atoms with E-state index in [-0.39, 0.29) is 6.42 Å². The van der Waals surface area contributed by atoms with E-state index in [1.54, 1.807) is 0 Å². The van der Waals surface area contributed by atoms with Gasteiger partial charge in [-0.25, -0.2) is 4.79 Å². The van der Waals surface area contributed by atoms with Crippen LogP contribution in [0.4, 0.5) is 4.79 Å². The number of allylic oxidation sites excluding steroid dienone is 1. The largest absolute Gasteiger partial charge is 0.446 e. The number of primary amides is 2. The maximum atomic E-state index is 10.7. The highest BCUT2D eigenvalue weighted by molar-refractivity contribution is 5.75. The van der Waals surface area contributed by atoms with Crippen LogP contribution >= 0.6 is 0 Å². The minimum Gasteiger partial charge on any atom is -0.446 e. The Balaban J connectivity index is 3.95. The maximum Gasteiger partial charge on any atom is 0.404 e. The third-order valence-corrected chi connectivity index (χ3v) is 2.00. The number of nitrogens with two attached hydrogens (primary N) is 2. The molecule has 0 aromatic rings. The van der Waals surface area contributed by atoms with Crippen LogP contribution in [0.5, 0.6) is 0 Å². The average molecular weight is 228 g/mol. The molecule has 4 N–H and O–H groups in total. The Hall–Kier alpha value is -1.52. The summed E-state index contributed by atoms with van der Waals surface area (Å²) in [6.07, 6.45) is 6.16. The van der Waals surface area contributed by atoms with Crippen molar-refractivity contribution in [1.29, 1.82) is 0 Å². The standard InChI is InChI=1S/C11H20N2O3/c1-2-3-4-5-6-7-9(8-10(12)14)16-11(13)15/h5-6,9H,2-4,7-8H2,1H3,(H2,12,14)(H2,13,15)/b6-5-. The van der Waals surface area contributed by atoms with E-state index < -0.39 is 18.1 Å². The number of carbonyl (C=O) groups is 2. The molecule has 0 aliphatic heterocycles. The van der Waals surface area contributed by atoms with Crippen molar-refractivity contribution < 1.29 is 14.3 Å². The molecule has 0 saturated carbocycles. The van der Waals surface area contributed by atoms with Gasteiger partial charge in [-0.05, 0) is 6.42 Å². The van der Waals surface area contributed by atoms with E-state index in [2.05, 4.69) is 6.92 Å². The zero-order chi connectivity index (χ0) is 12.4. The zero-order valence-electron chi connectivity index (χ0n) is 9.65. The summed E-state index contributed by atoms with van der Waals surface area (Å²) in [7, 11) is 0. The lowest BCUT2D eigenvalue weighted by molar-refractivity contribution is -0.119. The molecule has 0 aliphatic carbocycles. The van der Waals surface area contributed by atoms with Crippen LogP contribution in [0.15, 0.2) is 12.2 Å². The summed E-state index contributed by atoms with van der Waals surface area (Å²) in [5.74, 6) is -0.506. The number of hydrogen-bond acceptors (Lipinski definition) is 3. The summed E-state index contributed by atoms with van der Waals surface area (Å²) in [5, 5.41) is 0. The number of ether oxygens (including phenoxy) is 1. The third-order valence-electron chi connectivity index (χ3n) is 2.00.